The highest BCUT2D eigenvalue weighted by Crippen LogP contribution is 2.37. The molecule has 222 valence electrons. The lowest BCUT2D eigenvalue weighted by Crippen LogP contribution is -2.54. The number of hydrogen-bond donors (Lipinski definition) is 3. The van der Waals surface area contributed by atoms with E-state index in [2.05, 4.69) is 46.4 Å². The number of nitrogens with zero attached hydrogens (tertiary/aromatic N) is 5. The van der Waals surface area contributed by atoms with E-state index in [0.29, 0.717) is 42.2 Å². The van der Waals surface area contributed by atoms with Crippen LogP contribution in [0, 0.1) is 0 Å². The Labute approximate surface area is 251 Å². The Morgan fingerprint density at radius 1 is 1.10 bits per heavy atom. The third kappa shape index (κ3) is 7.57. The Kier molecular flexibility index (Phi) is 8.72. The van der Waals surface area contributed by atoms with Gasteiger partial charge in [-0.25, -0.2) is 24.5 Å². The first-order valence-corrected chi connectivity index (χ1v) is 14.3. The third-order valence-electron chi connectivity index (χ3n) is 6.25. The molecule has 0 aliphatic carbocycles. The van der Waals surface area contributed by atoms with Crippen LogP contribution in [0.4, 0.5) is 21.1 Å². The first kappa shape index (κ1) is 30.8. The quantitative estimate of drug-likeness (QED) is 0.331. The van der Waals surface area contributed by atoms with Crippen LogP contribution in [0.15, 0.2) is 29.3 Å². The molecule has 3 N–H and O–H groups in total. The number of carbonyl (C=O) groups excluding carboxylic acids is 2. The van der Waals surface area contributed by atoms with Gasteiger partial charge in [0.05, 0.1) is 25.0 Å². The molecule has 3 heterocycles. The first-order valence-electron chi connectivity index (χ1n) is 13.1. The second-order valence-corrected chi connectivity index (χ2v) is 13.3. The van der Waals surface area contributed by atoms with Gasteiger partial charge in [0.25, 0.3) is 0 Å². The summed E-state index contributed by atoms with van der Waals surface area (Å²) in [5.41, 5.74) is 0.422. The van der Waals surface area contributed by atoms with Gasteiger partial charge in [-0.05, 0) is 60.1 Å². The van der Waals surface area contributed by atoms with Crippen LogP contribution >= 0.6 is 27.5 Å². The molecular weight excluding hydrogens is 618 g/mol. The predicted octanol–water partition coefficient (Wildman–Crippen LogP) is 5.10. The van der Waals surface area contributed by atoms with Crippen LogP contribution in [-0.4, -0.2) is 73.2 Å². The summed E-state index contributed by atoms with van der Waals surface area (Å²) in [6.07, 6.45) is 2.25. The number of halogens is 2. The van der Waals surface area contributed by atoms with Crippen molar-refractivity contribution >= 4 is 62.4 Å². The number of hydrogen-bond acceptors (Lipinski definition) is 9. The van der Waals surface area contributed by atoms with Gasteiger partial charge in [0.2, 0.25) is 0 Å². The summed E-state index contributed by atoms with van der Waals surface area (Å²) in [7, 11) is 0. The molecule has 1 aromatic carbocycles. The van der Waals surface area contributed by atoms with Crippen LogP contribution in [-0.2, 0) is 16.0 Å². The minimum absolute atomic E-state index is 0.235. The van der Waals surface area contributed by atoms with E-state index in [1.165, 1.54) is 6.33 Å². The maximum atomic E-state index is 12.5. The van der Waals surface area contributed by atoms with Gasteiger partial charge < -0.3 is 29.4 Å². The van der Waals surface area contributed by atoms with Crippen LogP contribution in [0.25, 0.3) is 11.2 Å². The highest BCUT2D eigenvalue weighted by Gasteiger charge is 2.41. The lowest BCUT2D eigenvalue weighted by atomic mass is 10.0. The summed E-state index contributed by atoms with van der Waals surface area (Å²) in [5, 5.41) is 16.3. The highest BCUT2D eigenvalue weighted by atomic mass is 79.9. The Balaban J connectivity index is 1.61. The number of anilines is 2. The van der Waals surface area contributed by atoms with Crippen molar-refractivity contribution in [1.82, 2.24) is 24.8 Å². The average Bonchev–Trinajstić information content (AvgIpc) is 3.43. The van der Waals surface area contributed by atoms with Gasteiger partial charge in [-0.15, -0.1) is 0 Å². The molecule has 14 heteroatoms. The Morgan fingerprint density at radius 3 is 2.44 bits per heavy atom. The van der Waals surface area contributed by atoms with Gasteiger partial charge in [0.1, 0.15) is 17.5 Å². The number of alkyl carbamates (subject to hydrolysis) is 1. The minimum atomic E-state index is -0.883. The summed E-state index contributed by atoms with van der Waals surface area (Å²) < 4.78 is 13.4. The van der Waals surface area contributed by atoms with Gasteiger partial charge in [-0.2, -0.15) is 0 Å². The number of carbonyl (C=O) groups is 2. The minimum Gasteiger partial charge on any atom is -0.444 e. The van der Waals surface area contributed by atoms with Crippen molar-refractivity contribution in [3.63, 3.8) is 0 Å². The molecule has 2 amide bonds. The maximum absolute atomic E-state index is 12.5. The number of aliphatic hydroxyl groups is 1. The van der Waals surface area contributed by atoms with Crippen molar-refractivity contribution in [2.45, 2.75) is 71.2 Å². The number of ether oxygens (including phenoxy) is 2. The predicted molar refractivity (Wildman–Crippen MR) is 159 cm³/mol. The Morgan fingerprint density at radius 2 is 1.78 bits per heavy atom. The summed E-state index contributed by atoms with van der Waals surface area (Å²) in [4.78, 5) is 40.0. The molecule has 1 fully saturated rings. The van der Waals surface area contributed by atoms with E-state index in [1.807, 2.05) is 10.6 Å². The summed E-state index contributed by atoms with van der Waals surface area (Å²) >= 11 is 10.1. The van der Waals surface area contributed by atoms with E-state index in [1.54, 1.807) is 53.9 Å². The topological polar surface area (TPSA) is 144 Å². The van der Waals surface area contributed by atoms with Crippen LogP contribution < -0.4 is 15.5 Å². The lowest BCUT2D eigenvalue weighted by Gasteiger charge is -2.31. The van der Waals surface area contributed by atoms with Crippen molar-refractivity contribution in [3.05, 3.63) is 39.8 Å². The highest BCUT2D eigenvalue weighted by molar-refractivity contribution is 9.10. The van der Waals surface area contributed by atoms with Crippen molar-refractivity contribution in [2.24, 2.45) is 0 Å². The second-order valence-electron chi connectivity index (χ2n) is 12.0. The maximum Gasteiger partial charge on any atom is 0.413 e. The lowest BCUT2D eigenvalue weighted by molar-refractivity contribution is 0.0417. The molecule has 1 unspecified atom stereocenters. The number of benzene rings is 1. The van der Waals surface area contributed by atoms with Gasteiger partial charge in [-0.3, -0.25) is 5.32 Å². The fraction of sp³-hybridized carbons (Fsp3) is 0.519. The van der Waals surface area contributed by atoms with Gasteiger partial charge in [0.15, 0.2) is 17.0 Å². The van der Waals surface area contributed by atoms with E-state index in [0.717, 1.165) is 15.7 Å². The fourth-order valence-corrected chi connectivity index (χ4v) is 5.48. The molecule has 1 saturated heterocycles. The average molecular weight is 653 g/mol. The molecular formula is C27H35BrClN7O5. The van der Waals surface area contributed by atoms with E-state index in [4.69, 9.17) is 21.1 Å². The molecule has 1 atom stereocenters. The van der Waals surface area contributed by atoms with Crippen molar-refractivity contribution in [3.8, 4) is 0 Å². The summed E-state index contributed by atoms with van der Waals surface area (Å²) in [6, 6.07) is 3.66. The van der Waals surface area contributed by atoms with E-state index in [9.17, 15) is 14.7 Å². The molecule has 12 nitrogen and oxygen atoms in total. The Bertz CT molecular complexity index is 1450. The number of aromatic nitrogens is 4. The molecule has 0 radical (unpaired) electrons. The summed E-state index contributed by atoms with van der Waals surface area (Å²) in [6.45, 7) is 11.7. The fourth-order valence-electron chi connectivity index (χ4n) is 4.56. The number of amides is 2. The molecule has 0 bridgehead atoms. The van der Waals surface area contributed by atoms with Crippen molar-refractivity contribution in [1.29, 1.82) is 0 Å². The smallest absolute Gasteiger partial charge is 0.413 e. The molecule has 0 saturated carbocycles. The van der Waals surface area contributed by atoms with Crippen LogP contribution in [0.3, 0.4) is 0 Å². The van der Waals surface area contributed by atoms with Gasteiger partial charge >= 0.3 is 12.2 Å². The van der Waals surface area contributed by atoms with E-state index >= 15 is 0 Å². The zero-order chi connectivity index (χ0) is 30.2. The molecule has 0 spiro atoms. The van der Waals surface area contributed by atoms with E-state index in [-0.39, 0.29) is 12.4 Å². The second kappa shape index (κ2) is 11.6. The number of nitrogens with one attached hydrogen (secondary N) is 2. The number of rotatable bonds is 6. The molecule has 4 rings (SSSR count). The monoisotopic (exact) mass is 651 g/mol. The van der Waals surface area contributed by atoms with Gasteiger partial charge in [0, 0.05) is 33.8 Å². The van der Waals surface area contributed by atoms with Crippen LogP contribution in [0.2, 0.25) is 5.02 Å². The molecule has 3 aromatic rings. The Hall–Kier alpha value is -3.16. The molecule has 1 aliphatic rings. The molecule has 2 aromatic heterocycles. The number of fused-ring (bicyclic) bond motifs is 1. The van der Waals surface area contributed by atoms with E-state index < -0.39 is 28.9 Å². The van der Waals surface area contributed by atoms with Crippen LogP contribution in [0.1, 0.15) is 53.5 Å². The normalized spacial score (nSPS) is 17.5. The van der Waals surface area contributed by atoms with Crippen molar-refractivity contribution < 1.29 is 24.2 Å². The zero-order valence-electron chi connectivity index (χ0n) is 23.9. The van der Waals surface area contributed by atoms with Gasteiger partial charge in [-0.1, -0.05) is 27.5 Å². The SMILES string of the molecule is CC(C)(C)OC(=O)Nc1ncnc2c1ncn2Cc1c(Br)cc(Cl)cc1N1CCC(CO)(NC(=O)OC(C)(C)C)C1. The van der Waals surface area contributed by atoms with Crippen LogP contribution in [0.5, 0.6) is 0 Å². The zero-order valence-corrected chi connectivity index (χ0v) is 26.3. The molecule has 41 heavy (non-hydrogen) atoms. The molecule has 1 aliphatic heterocycles. The van der Waals surface area contributed by atoms with Crippen molar-refractivity contribution in [2.75, 3.05) is 29.9 Å². The standard InChI is InChI=1S/C27H35BrClN7O5/c1-25(2,3)40-23(38)33-21-20-22(31-14-30-21)36(15-32-20)11-17-18(28)9-16(29)10-19(17)35-8-7-27(12-35,13-37)34-24(39)41-26(4,5)6/h9-10,14-15,37H,7-8,11-13H2,1-6H3,(H,34,39)(H,30,31,33,38). The largest absolute Gasteiger partial charge is 0.444 e. The first-order chi connectivity index (χ1) is 19.1. The number of imidazole rings is 1. The number of aliphatic hydroxyl groups excluding tert-OH is 1. The summed E-state index contributed by atoms with van der Waals surface area (Å²) in [5.74, 6) is 0.235. The third-order valence-corrected chi connectivity index (χ3v) is 7.17.